The van der Waals surface area contributed by atoms with Gasteiger partial charge in [-0.15, -0.1) is 0 Å². The SMILES string of the molecule is Cc1nc(N)nc2c1C(=O)CC(c1ccccc1CCc1ccccc1)C2. The monoisotopic (exact) mass is 357 g/mol. The Hall–Kier alpha value is -3.01. The minimum atomic E-state index is 0.122. The largest absolute Gasteiger partial charge is 0.368 e. The molecule has 4 heteroatoms. The number of aromatic nitrogens is 2. The van der Waals surface area contributed by atoms with Crippen molar-refractivity contribution in [2.75, 3.05) is 5.73 Å². The first-order valence-corrected chi connectivity index (χ1v) is 9.39. The van der Waals surface area contributed by atoms with Gasteiger partial charge in [0.05, 0.1) is 17.0 Å². The van der Waals surface area contributed by atoms with E-state index in [-0.39, 0.29) is 17.6 Å². The van der Waals surface area contributed by atoms with Crippen molar-refractivity contribution in [1.82, 2.24) is 9.97 Å². The third-order valence-corrected chi connectivity index (χ3v) is 5.35. The second-order valence-corrected chi connectivity index (χ2v) is 7.20. The zero-order valence-corrected chi connectivity index (χ0v) is 15.5. The van der Waals surface area contributed by atoms with Gasteiger partial charge in [0, 0.05) is 6.42 Å². The van der Waals surface area contributed by atoms with E-state index in [2.05, 4.69) is 58.5 Å². The Kier molecular flexibility index (Phi) is 4.71. The van der Waals surface area contributed by atoms with Crippen molar-refractivity contribution in [3.63, 3.8) is 0 Å². The summed E-state index contributed by atoms with van der Waals surface area (Å²) in [5, 5.41) is 0. The topological polar surface area (TPSA) is 68.9 Å². The van der Waals surface area contributed by atoms with E-state index in [0.29, 0.717) is 17.7 Å². The summed E-state index contributed by atoms with van der Waals surface area (Å²) in [6, 6.07) is 19.0. The molecule has 0 amide bonds. The summed E-state index contributed by atoms with van der Waals surface area (Å²) in [5.74, 6) is 0.513. The zero-order chi connectivity index (χ0) is 18.8. The number of nitrogens with zero attached hydrogens (tertiary/aromatic N) is 2. The molecule has 0 aliphatic heterocycles. The molecule has 3 aromatic rings. The van der Waals surface area contributed by atoms with Crippen LogP contribution in [-0.4, -0.2) is 15.8 Å². The van der Waals surface area contributed by atoms with Gasteiger partial charge in [-0.3, -0.25) is 4.79 Å². The Morgan fingerprint density at radius 1 is 0.963 bits per heavy atom. The number of fused-ring (bicyclic) bond motifs is 1. The summed E-state index contributed by atoms with van der Waals surface area (Å²) >= 11 is 0. The highest BCUT2D eigenvalue weighted by molar-refractivity contribution is 5.99. The van der Waals surface area contributed by atoms with Gasteiger partial charge in [-0.05, 0) is 48.8 Å². The van der Waals surface area contributed by atoms with Crippen LogP contribution in [-0.2, 0) is 19.3 Å². The zero-order valence-electron chi connectivity index (χ0n) is 15.5. The molecular weight excluding hydrogens is 334 g/mol. The van der Waals surface area contributed by atoms with Gasteiger partial charge in [0.2, 0.25) is 5.95 Å². The van der Waals surface area contributed by atoms with Crippen LogP contribution in [0.2, 0.25) is 0 Å². The normalized spacial score (nSPS) is 16.2. The molecule has 0 saturated carbocycles. The minimum absolute atomic E-state index is 0.122. The van der Waals surface area contributed by atoms with Crippen LogP contribution in [0.3, 0.4) is 0 Å². The van der Waals surface area contributed by atoms with E-state index in [1.165, 1.54) is 16.7 Å². The quantitative estimate of drug-likeness (QED) is 0.764. The number of aryl methyl sites for hydroxylation is 3. The average Bonchev–Trinajstić information content (AvgIpc) is 2.66. The van der Waals surface area contributed by atoms with Gasteiger partial charge in [-0.1, -0.05) is 54.6 Å². The van der Waals surface area contributed by atoms with Crippen molar-refractivity contribution in [2.24, 2.45) is 0 Å². The van der Waals surface area contributed by atoms with Crippen LogP contribution in [0.5, 0.6) is 0 Å². The molecule has 0 bridgehead atoms. The highest BCUT2D eigenvalue weighted by Crippen LogP contribution is 2.35. The second-order valence-electron chi connectivity index (χ2n) is 7.20. The van der Waals surface area contributed by atoms with Crippen LogP contribution in [0.25, 0.3) is 0 Å². The van der Waals surface area contributed by atoms with Crippen molar-refractivity contribution < 1.29 is 4.79 Å². The molecule has 1 aliphatic rings. The molecule has 1 unspecified atom stereocenters. The molecule has 0 fully saturated rings. The van der Waals surface area contributed by atoms with Gasteiger partial charge in [0.25, 0.3) is 0 Å². The molecule has 1 aliphatic carbocycles. The third-order valence-electron chi connectivity index (χ3n) is 5.35. The fourth-order valence-electron chi connectivity index (χ4n) is 4.10. The molecule has 0 spiro atoms. The molecule has 4 rings (SSSR count). The van der Waals surface area contributed by atoms with Gasteiger partial charge in [-0.25, -0.2) is 9.97 Å². The van der Waals surface area contributed by atoms with Crippen LogP contribution in [0, 0.1) is 6.92 Å². The summed E-state index contributed by atoms with van der Waals surface area (Å²) < 4.78 is 0. The third kappa shape index (κ3) is 3.61. The summed E-state index contributed by atoms with van der Waals surface area (Å²) in [6.07, 6.45) is 3.19. The van der Waals surface area contributed by atoms with Gasteiger partial charge in [0.1, 0.15) is 0 Å². The number of nitrogens with two attached hydrogens (primary N) is 1. The summed E-state index contributed by atoms with van der Waals surface area (Å²) in [7, 11) is 0. The van der Waals surface area contributed by atoms with Crippen LogP contribution >= 0.6 is 0 Å². The number of hydrogen-bond acceptors (Lipinski definition) is 4. The number of carbonyl (C=O) groups excluding carboxylic acids is 1. The first-order valence-electron chi connectivity index (χ1n) is 9.39. The highest BCUT2D eigenvalue weighted by Gasteiger charge is 2.30. The lowest BCUT2D eigenvalue weighted by atomic mass is 9.79. The van der Waals surface area contributed by atoms with E-state index in [9.17, 15) is 4.79 Å². The van der Waals surface area contributed by atoms with Crippen molar-refractivity contribution in [3.05, 3.63) is 88.2 Å². The Balaban J connectivity index is 1.61. The van der Waals surface area contributed by atoms with E-state index in [1.54, 1.807) is 0 Å². The predicted octanol–water partition coefficient (Wildman–Crippen LogP) is 4.07. The molecular formula is C23H23N3O. The van der Waals surface area contributed by atoms with Gasteiger partial charge >= 0.3 is 0 Å². The van der Waals surface area contributed by atoms with Gasteiger partial charge in [0.15, 0.2) is 5.78 Å². The molecule has 136 valence electrons. The Labute approximate surface area is 159 Å². The maximum Gasteiger partial charge on any atom is 0.220 e. The van der Waals surface area contributed by atoms with E-state index < -0.39 is 0 Å². The molecule has 1 aromatic heterocycles. The molecule has 27 heavy (non-hydrogen) atoms. The summed E-state index contributed by atoms with van der Waals surface area (Å²) in [6.45, 7) is 1.84. The second kappa shape index (κ2) is 7.31. The number of nitrogen functional groups attached to an aromatic ring is 1. The first kappa shape index (κ1) is 17.4. The smallest absolute Gasteiger partial charge is 0.220 e. The van der Waals surface area contributed by atoms with Crippen molar-refractivity contribution in [2.45, 2.75) is 38.5 Å². The number of rotatable bonds is 4. The number of ketones is 1. The molecule has 0 saturated heterocycles. The van der Waals surface area contributed by atoms with Crippen molar-refractivity contribution in [3.8, 4) is 0 Å². The molecule has 1 atom stereocenters. The standard InChI is InChI=1S/C23H23N3O/c1-15-22-20(26-23(24)25-15)13-18(14-21(22)27)19-10-6-5-9-17(19)12-11-16-7-3-2-4-8-16/h2-10,18H,11-14H2,1H3,(H2,24,25,26). The van der Waals surface area contributed by atoms with E-state index in [4.69, 9.17) is 5.73 Å². The number of Topliss-reactive ketones (excluding diaryl/α,β-unsaturated/α-hetero) is 1. The molecule has 0 radical (unpaired) electrons. The lowest BCUT2D eigenvalue weighted by Gasteiger charge is -2.26. The Morgan fingerprint density at radius 3 is 2.52 bits per heavy atom. The molecule has 2 aromatic carbocycles. The van der Waals surface area contributed by atoms with Gasteiger partial charge < -0.3 is 5.73 Å². The molecule has 4 nitrogen and oxygen atoms in total. The number of benzene rings is 2. The average molecular weight is 357 g/mol. The first-order chi connectivity index (χ1) is 13.1. The Bertz CT molecular complexity index is 982. The Morgan fingerprint density at radius 2 is 1.70 bits per heavy atom. The van der Waals surface area contributed by atoms with Crippen LogP contribution in [0.1, 0.15) is 50.8 Å². The maximum absolute atomic E-state index is 12.8. The molecule has 2 N–H and O–H groups in total. The number of anilines is 1. The summed E-state index contributed by atoms with van der Waals surface area (Å²) in [5.41, 5.74) is 11.9. The highest BCUT2D eigenvalue weighted by atomic mass is 16.1. The lowest BCUT2D eigenvalue weighted by Crippen LogP contribution is -2.23. The molecule has 1 heterocycles. The predicted molar refractivity (Wildman–Crippen MR) is 107 cm³/mol. The van der Waals surface area contributed by atoms with Crippen LogP contribution < -0.4 is 5.73 Å². The number of carbonyl (C=O) groups is 1. The fraction of sp³-hybridized carbons (Fsp3) is 0.261. The van der Waals surface area contributed by atoms with Gasteiger partial charge in [-0.2, -0.15) is 0 Å². The van der Waals surface area contributed by atoms with Crippen LogP contribution in [0.4, 0.5) is 5.95 Å². The van der Waals surface area contributed by atoms with E-state index in [1.807, 2.05) is 13.0 Å². The van der Waals surface area contributed by atoms with Crippen LogP contribution in [0.15, 0.2) is 54.6 Å². The van der Waals surface area contributed by atoms with Crippen molar-refractivity contribution >= 4 is 11.7 Å². The summed E-state index contributed by atoms with van der Waals surface area (Å²) in [4.78, 5) is 21.3. The maximum atomic E-state index is 12.8. The fourth-order valence-corrected chi connectivity index (χ4v) is 4.10. The minimum Gasteiger partial charge on any atom is -0.368 e. The van der Waals surface area contributed by atoms with Crippen molar-refractivity contribution in [1.29, 1.82) is 0 Å². The van der Waals surface area contributed by atoms with E-state index >= 15 is 0 Å². The lowest BCUT2D eigenvalue weighted by molar-refractivity contribution is 0.0962. The van der Waals surface area contributed by atoms with E-state index in [0.717, 1.165) is 25.0 Å². The number of hydrogen-bond donors (Lipinski definition) is 1.